The van der Waals surface area contributed by atoms with Crippen LogP contribution in [0.15, 0.2) is 12.1 Å². The lowest BCUT2D eigenvalue weighted by Gasteiger charge is -2.33. The van der Waals surface area contributed by atoms with Crippen LogP contribution in [0, 0.1) is 20.8 Å². The maximum Gasteiger partial charge on any atom is 0.0470 e. The molecule has 1 aromatic rings. The van der Waals surface area contributed by atoms with E-state index in [1.54, 1.807) is 0 Å². The third-order valence-electron chi connectivity index (χ3n) is 5.17. The third kappa shape index (κ3) is 3.65. The number of nitrogens with zero attached hydrogens (tertiary/aromatic N) is 2. The summed E-state index contributed by atoms with van der Waals surface area (Å²) >= 11 is 0. The van der Waals surface area contributed by atoms with Gasteiger partial charge < -0.3 is 10.6 Å². The third-order valence-corrected chi connectivity index (χ3v) is 5.17. The summed E-state index contributed by atoms with van der Waals surface area (Å²) in [6, 6.07) is 5.62. The fraction of sp³-hybridized carbons (Fsp3) is 0.667. The minimum atomic E-state index is 0.318. The second-order valence-corrected chi connectivity index (χ2v) is 6.76. The molecule has 0 bridgehead atoms. The lowest BCUT2D eigenvalue weighted by molar-refractivity contribution is 0.179. The molecule has 1 fully saturated rings. The van der Waals surface area contributed by atoms with Crippen molar-refractivity contribution in [3.63, 3.8) is 0 Å². The highest BCUT2D eigenvalue weighted by atomic mass is 15.2. The highest BCUT2D eigenvalue weighted by molar-refractivity contribution is 5.38. The van der Waals surface area contributed by atoms with E-state index in [9.17, 15) is 0 Å². The Morgan fingerprint density at radius 2 is 1.90 bits per heavy atom. The largest absolute Gasteiger partial charge is 0.329 e. The Morgan fingerprint density at radius 3 is 2.48 bits per heavy atom. The number of nitrogens with two attached hydrogens (primary N) is 1. The fourth-order valence-corrected chi connectivity index (χ4v) is 3.56. The van der Waals surface area contributed by atoms with Gasteiger partial charge in [0.15, 0.2) is 0 Å². The van der Waals surface area contributed by atoms with Crippen LogP contribution in [-0.4, -0.2) is 49.6 Å². The predicted molar refractivity (Wildman–Crippen MR) is 90.7 cm³/mol. The van der Waals surface area contributed by atoms with E-state index in [1.165, 1.54) is 41.6 Å². The second-order valence-electron chi connectivity index (χ2n) is 6.76. The van der Waals surface area contributed by atoms with Crippen molar-refractivity contribution in [3.8, 4) is 0 Å². The van der Waals surface area contributed by atoms with E-state index in [4.69, 9.17) is 5.73 Å². The highest BCUT2D eigenvalue weighted by Crippen LogP contribution is 2.26. The van der Waals surface area contributed by atoms with Gasteiger partial charge in [0.2, 0.25) is 0 Å². The van der Waals surface area contributed by atoms with Crippen LogP contribution in [0.1, 0.15) is 41.1 Å². The summed E-state index contributed by atoms with van der Waals surface area (Å²) in [7, 11) is 4.46. The molecule has 0 spiro atoms. The molecule has 2 atom stereocenters. The van der Waals surface area contributed by atoms with Crippen LogP contribution in [0.4, 0.5) is 0 Å². The summed E-state index contributed by atoms with van der Waals surface area (Å²) in [6.45, 7) is 9.59. The van der Waals surface area contributed by atoms with Crippen molar-refractivity contribution in [3.05, 3.63) is 34.4 Å². The lowest BCUT2D eigenvalue weighted by Crippen LogP contribution is -2.40. The first-order chi connectivity index (χ1) is 9.93. The molecule has 2 rings (SSSR count). The van der Waals surface area contributed by atoms with Crippen molar-refractivity contribution in [1.29, 1.82) is 0 Å². The van der Waals surface area contributed by atoms with Gasteiger partial charge in [0.05, 0.1) is 0 Å². The molecule has 0 aromatic heterocycles. The maximum atomic E-state index is 6.12. The van der Waals surface area contributed by atoms with Crippen molar-refractivity contribution >= 4 is 0 Å². The molecule has 3 nitrogen and oxygen atoms in total. The van der Waals surface area contributed by atoms with Gasteiger partial charge in [0.1, 0.15) is 0 Å². The van der Waals surface area contributed by atoms with E-state index >= 15 is 0 Å². The second kappa shape index (κ2) is 6.91. The summed E-state index contributed by atoms with van der Waals surface area (Å²) in [6.07, 6.45) is 2.63. The topological polar surface area (TPSA) is 32.5 Å². The van der Waals surface area contributed by atoms with Crippen molar-refractivity contribution < 1.29 is 0 Å². The van der Waals surface area contributed by atoms with E-state index in [1.807, 2.05) is 0 Å². The summed E-state index contributed by atoms with van der Waals surface area (Å²) in [5, 5.41) is 0. The molecule has 0 aliphatic carbocycles. The molecule has 1 saturated heterocycles. The van der Waals surface area contributed by atoms with Crippen molar-refractivity contribution in [1.82, 2.24) is 9.80 Å². The smallest absolute Gasteiger partial charge is 0.0470 e. The van der Waals surface area contributed by atoms with Crippen LogP contribution < -0.4 is 5.73 Å². The molecule has 0 radical (unpaired) electrons. The number of aryl methyl sites for hydroxylation is 3. The molecule has 21 heavy (non-hydrogen) atoms. The molecule has 1 heterocycles. The van der Waals surface area contributed by atoms with Crippen LogP contribution in [0.5, 0.6) is 0 Å². The number of benzene rings is 1. The predicted octanol–water partition coefficient (Wildman–Crippen LogP) is 2.64. The van der Waals surface area contributed by atoms with Gasteiger partial charge in [-0.3, -0.25) is 4.90 Å². The van der Waals surface area contributed by atoms with E-state index in [0.717, 1.165) is 6.54 Å². The first-order valence-electron chi connectivity index (χ1n) is 8.12. The summed E-state index contributed by atoms with van der Waals surface area (Å²) < 4.78 is 0. The molecule has 1 aliphatic heterocycles. The van der Waals surface area contributed by atoms with Gasteiger partial charge in [-0.2, -0.15) is 0 Å². The molecule has 2 N–H and O–H groups in total. The van der Waals surface area contributed by atoms with Crippen molar-refractivity contribution in [2.45, 2.75) is 45.7 Å². The Labute approximate surface area is 130 Å². The fourth-order valence-electron chi connectivity index (χ4n) is 3.56. The van der Waals surface area contributed by atoms with Gasteiger partial charge >= 0.3 is 0 Å². The Morgan fingerprint density at radius 1 is 1.24 bits per heavy atom. The molecule has 1 aliphatic rings. The first-order valence-corrected chi connectivity index (χ1v) is 8.12. The van der Waals surface area contributed by atoms with E-state index in [-0.39, 0.29) is 0 Å². The minimum Gasteiger partial charge on any atom is -0.329 e. The summed E-state index contributed by atoms with van der Waals surface area (Å²) in [4.78, 5) is 4.93. The average Bonchev–Trinajstić information content (AvgIpc) is 2.82. The van der Waals surface area contributed by atoms with Gasteiger partial charge in [-0.05, 0) is 76.5 Å². The first kappa shape index (κ1) is 16.5. The molecule has 3 heteroatoms. The monoisotopic (exact) mass is 289 g/mol. The van der Waals surface area contributed by atoms with Crippen molar-refractivity contribution in [2.24, 2.45) is 5.73 Å². The standard InChI is InChI=1S/C18H31N3/c1-13-9-15(3)17(10-14(13)2)18(11-19)21(5)12-16-7-6-8-20(16)4/h9-10,16,18H,6-8,11-12,19H2,1-5H3. The zero-order valence-electron chi connectivity index (χ0n) is 14.3. The van der Waals surface area contributed by atoms with Crippen molar-refractivity contribution in [2.75, 3.05) is 33.7 Å². The zero-order valence-corrected chi connectivity index (χ0v) is 14.3. The maximum absolute atomic E-state index is 6.12. The Bertz CT molecular complexity index is 484. The zero-order chi connectivity index (χ0) is 15.6. The Balaban J connectivity index is 2.16. The van der Waals surface area contributed by atoms with Gasteiger partial charge in [-0.1, -0.05) is 12.1 Å². The molecular weight excluding hydrogens is 258 g/mol. The molecular formula is C18H31N3. The van der Waals surface area contributed by atoms with E-state index in [0.29, 0.717) is 18.6 Å². The Hall–Kier alpha value is -0.900. The average molecular weight is 289 g/mol. The molecule has 0 saturated carbocycles. The number of hydrogen-bond acceptors (Lipinski definition) is 3. The SMILES string of the molecule is Cc1cc(C)c(C(CN)N(C)CC2CCCN2C)cc1C. The lowest BCUT2D eigenvalue weighted by atomic mass is 9.94. The number of likely N-dealkylation sites (N-methyl/N-ethyl adjacent to an activating group) is 2. The van der Waals surface area contributed by atoms with Crippen LogP contribution >= 0.6 is 0 Å². The van der Waals surface area contributed by atoms with Crippen LogP contribution in [0.3, 0.4) is 0 Å². The summed E-state index contributed by atoms with van der Waals surface area (Å²) in [5.41, 5.74) is 11.6. The number of likely N-dealkylation sites (tertiary alicyclic amines) is 1. The number of hydrogen-bond donors (Lipinski definition) is 1. The van der Waals surface area contributed by atoms with Crippen LogP contribution in [0.25, 0.3) is 0 Å². The molecule has 0 amide bonds. The highest BCUT2D eigenvalue weighted by Gasteiger charge is 2.26. The van der Waals surface area contributed by atoms with E-state index < -0.39 is 0 Å². The van der Waals surface area contributed by atoms with Gasteiger partial charge in [0.25, 0.3) is 0 Å². The number of rotatable bonds is 5. The van der Waals surface area contributed by atoms with Gasteiger partial charge in [-0.15, -0.1) is 0 Å². The van der Waals surface area contributed by atoms with Gasteiger partial charge in [0, 0.05) is 25.2 Å². The molecule has 118 valence electrons. The molecule has 1 aromatic carbocycles. The quantitative estimate of drug-likeness (QED) is 0.904. The molecule has 2 unspecified atom stereocenters. The van der Waals surface area contributed by atoms with Gasteiger partial charge in [-0.25, -0.2) is 0 Å². The normalized spacial score (nSPS) is 21.2. The van der Waals surface area contributed by atoms with Crippen LogP contribution in [0.2, 0.25) is 0 Å². The van der Waals surface area contributed by atoms with Crippen LogP contribution in [-0.2, 0) is 0 Å². The van der Waals surface area contributed by atoms with E-state index in [2.05, 4.69) is 56.8 Å². The minimum absolute atomic E-state index is 0.318. The summed E-state index contributed by atoms with van der Waals surface area (Å²) in [5.74, 6) is 0. The Kier molecular flexibility index (Phi) is 5.42.